The molecule has 12 heteroatoms. The van der Waals surface area contributed by atoms with E-state index < -0.39 is 31.3 Å². The van der Waals surface area contributed by atoms with Crippen LogP contribution in [0.25, 0.3) is 0 Å². The van der Waals surface area contributed by atoms with E-state index in [0.29, 0.717) is 23.7 Å². The number of esters is 2. The zero-order chi connectivity index (χ0) is 26.4. The molecule has 0 bridgehead atoms. The summed E-state index contributed by atoms with van der Waals surface area (Å²) in [7, 11) is 0. The van der Waals surface area contributed by atoms with Gasteiger partial charge in [-0.25, -0.2) is 9.59 Å². The van der Waals surface area contributed by atoms with Crippen molar-refractivity contribution < 1.29 is 37.3 Å². The van der Waals surface area contributed by atoms with Gasteiger partial charge in [0, 0.05) is 25.0 Å². The predicted molar refractivity (Wildman–Crippen MR) is 129 cm³/mol. The van der Waals surface area contributed by atoms with E-state index in [2.05, 4.69) is 14.7 Å². The number of benzene rings is 1. The summed E-state index contributed by atoms with van der Waals surface area (Å²) in [6.07, 6.45) is 5.34. The number of ether oxygens (including phenoxy) is 4. The lowest BCUT2D eigenvalue weighted by Crippen LogP contribution is -2.21. The number of alkyl halides is 2. The van der Waals surface area contributed by atoms with Crippen molar-refractivity contribution >= 4 is 35.1 Å². The summed E-state index contributed by atoms with van der Waals surface area (Å²) in [6, 6.07) is 7.35. The molecule has 1 atom stereocenters. The maximum absolute atomic E-state index is 12.9. The lowest BCUT2D eigenvalue weighted by molar-refractivity contribution is -0.153. The molecular weight excluding hydrogens is 533 g/mol. The zero-order valence-corrected chi connectivity index (χ0v) is 20.8. The monoisotopic (exact) mass is 554 g/mol. The summed E-state index contributed by atoms with van der Waals surface area (Å²) in [4.78, 5) is 31.3. The molecule has 0 radical (unpaired) electrons. The standard InChI is InChI=1S/C25H22Cl2F2N2O6/c26-17-10-30-11-18(27)16(17)9-21(36-23(32)13-35-24(33)19-2-1-7-31-19)15-5-6-20(37-25(28)29)22(8-15)34-12-14-3-4-14/h1-2,5-8,10-11,14,21,25,31H,3-4,9,12-13H2/t21-/m0/s1. The average molecular weight is 555 g/mol. The first-order chi connectivity index (χ1) is 17.8. The summed E-state index contributed by atoms with van der Waals surface area (Å²) < 4.78 is 46.9. The summed E-state index contributed by atoms with van der Waals surface area (Å²) in [5.74, 6) is -1.30. The normalized spacial score (nSPS) is 13.8. The largest absolute Gasteiger partial charge is 0.489 e. The van der Waals surface area contributed by atoms with Crippen molar-refractivity contribution in [1.82, 2.24) is 9.97 Å². The third kappa shape index (κ3) is 7.56. The summed E-state index contributed by atoms with van der Waals surface area (Å²) >= 11 is 12.5. The molecule has 1 fully saturated rings. The number of hydrogen-bond donors (Lipinski definition) is 1. The van der Waals surface area contributed by atoms with Crippen LogP contribution < -0.4 is 9.47 Å². The van der Waals surface area contributed by atoms with Crippen LogP contribution in [0.2, 0.25) is 10.0 Å². The Kier molecular flexibility index (Phi) is 8.83. The summed E-state index contributed by atoms with van der Waals surface area (Å²) in [6.45, 7) is -3.37. The van der Waals surface area contributed by atoms with E-state index in [-0.39, 0.29) is 33.7 Å². The quantitative estimate of drug-likeness (QED) is 0.283. The minimum absolute atomic E-state index is 0.0214. The molecule has 0 unspecified atom stereocenters. The van der Waals surface area contributed by atoms with Crippen molar-refractivity contribution in [3.8, 4) is 11.5 Å². The van der Waals surface area contributed by atoms with Gasteiger partial charge in [0.25, 0.3) is 0 Å². The van der Waals surface area contributed by atoms with Gasteiger partial charge in [-0.15, -0.1) is 0 Å². The first-order valence-electron chi connectivity index (χ1n) is 11.3. The Morgan fingerprint density at radius 1 is 1.11 bits per heavy atom. The zero-order valence-electron chi connectivity index (χ0n) is 19.3. The van der Waals surface area contributed by atoms with Gasteiger partial charge in [-0.1, -0.05) is 29.3 Å². The van der Waals surface area contributed by atoms with E-state index in [1.54, 1.807) is 6.07 Å². The van der Waals surface area contributed by atoms with Gasteiger partial charge < -0.3 is 23.9 Å². The van der Waals surface area contributed by atoms with E-state index in [9.17, 15) is 18.4 Å². The Morgan fingerprint density at radius 3 is 2.51 bits per heavy atom. The van der Waals surface area contributed by atoms with Gasteiger partial charge in [0.2, 0.25) is 0 Å². The van der Waals surface area contributed by atoms with Crippen molar-refractivity contribution in [3.63, 3.8) is 0 Å². The molecule has 4 rings (SSSR count). The molecule has 1 aliphatic rings. The molecule has 1 N–H and O–H groups in total. The van der Waals surface area contributed by atoms with Crippen LogP contribution >= 0.6 is 23.2 Å². The highest BCUT2D eigenvalue weighted by Gasteiger charge is 2.26. The molecule has 1 aliphatic carbocycles. The summed E-state index contributed by atoms with van der Waals surface area (Å²) in [5.41, 5.74) is 1.03. The fraction of sp³-hybridized carbons (Fsp3) is 0.320. The van der Waals surface area contributed by atoms with Crippen LogP contribution in [0.1, 0.15) is 40.6 Å². The van der Waals surface area contributed by atoms with Crippen molar-refractivity contribution in [2.45, 2.75) is 32.0 Å². The van der Waals surface area contributed by atoms with Gasteiger partial charge in [0.05, 0.1) is 16.7 Å². The van der Waals surface area contributed by atoms with Crippen LogP contribution in [-0.2, 0) is 20.7 Å². The number of aromatic amines is 1. The number of carbonyl (C=O) groups is 2. The predicted octanol–water partition coefficient (Wildman–Crippen LogP) is 5.79. The number of nitrogens with one attached hydrogen (secondary N) is 1. The second-order valence-corrected chi connectivity index (χ2v) is 9.08. The second-order valence-electron chi connectivity index (χ2n) is 8.26. The van der Waals surface area contributed by atoms with E-state index in [4.69, 9.17) is 37.4 Å². The molecule has 8 nitrogen and oxygen atoms in total. The fourth-order valence-corrected chi connectivity index (χ4v) is 3.94. The number of H-pyrrole nitrogens is 1. The van der Waals surface area contributed by atoms with E-state index >= 15 is 0 Å². The van der Waals surface area contributed by atoms with Crippen LogP contribution in [0.3, 0.4) is 0 Å². The molecule has 37 heavy (non-hydrogen) atoms. The third-order valence-electron chi connectivity index (χ3n) is 5.48. The van der Waals surface area contributed by atoms with Gasteiger partial charge in [0.15, 0.2) is 18.1 Å². The smallest absolute Gasteiger partial charge is 0.387 e. The van der Waals surface area contributed by atoms with Crippen molar-refractivity contribution in [3.05, 3.63) is 75.8 Å². The molecule has 0 amide bonds. The lowest BCUT2D eigenvalue weighted by atomic mass is 10.0. The van der Waals surface area contributed by atoms with Gasteiger partial charge in [0.1, 0.15) is 11.8 Å². The van der Waals surface area contributed by atoms with Gasteiger partial charge >= 0.3 is 18.6 Å². The van der Waals surface area contributed by atoms with Crippen molar-refractivity contribution in [1.29, 1.82) is 0 Å². The average Bonchev–Trinajstić information content (AvgIpc) is 3.53. The lowest BCUT2D eigenvalue weighted by Gasteiger charge is -2.21. The van der Waals surface area contributed by atoms with Gasteiger partial charge in [-0.3, -0.25) is 4.98 Å². The Labute approximate surface area is 220 Å². The first kappa shape index (κ1) is 26.7. The molecule has 1 aromatic carbocycles. The van der Waals surface area contributed by atoms with Crippen LogP contribution in [0.5, 0.6) is 11.5 Å². The molecule has 0 saturated heterocycles. The highest BCUT2D eigenvalue weighted by atomic mass is 35.5. The molecule has 1 saturated carbocycles. The Bertz CT molecular complexity index is 1220. The molecule has 0 aliphatic heterocycles. The number of nitrogens with zero attached hydrogens (tertiary/aromatic N) is 1. The molecule has 0 spiro atoms. The number of pyridine rings is 1. The minimum Gasteiger partial charge on any atom is -0.489 e. The van der Waals surface area contributed by atoms with Gasteiger partial charge in [-0.05, 0) is 54.2 Å². The fourth-order valence-electron chi connectivity index (χ4n) is 3.42. The van der Waals surface area contributed by atoms with E-state index in [1.165, 1.54) is 42.9 Å². The highest BCUT2D eigenvalue weighted by molar-refractivity contribution is 6.35. The Morgan fingerprint density at radius 2 is 1.86 bits per heavy atom. The van der Waals surface area contributed by atoms with Crippen molar-refractivity contribution in [2.75, 3.05) is 13.2 Å². The maximum Gasteiger partial charge on any atom is 0.387 e. The van der Waals surface area contributed by atoms with Crippen LogP contribution in [0.4, 0.5) is 8.78 Å². The maximum atomic E-state index is 12.9. The molecule has 3 aromatic rings. The van der Waals surface area contributed by atoms with E-state index in [0.717, 1.165) is 12.8 Å². The number of halogens is 4. The Hall–Kier alpha value is -3.37. The van der Waals surface area contributed by atoms with Gasteiger partial charge in [-0.2, -0.15) is 8.78 Å². The molecule has 2 aromatic heterocycles. The first-order valence-corrected chi connectivity index (χ1v) is 12.0. The number of hydrogen-bond acceptors (Lipinski definition) is 7. The Balaban J connectivity index is 1.56. The van der Waals surface area contributed by atoms with Crippen LogP contribution in [0.15, 0.2) is 48.9 Å². The highest BCUT2D eigenvalue weighted by Crippen LogP contribution is 2.37. The molecule has 2 heterocycles. The minimum atomic E-state index is -3.05. The topological polar surface area (TPSA) is 99.7 Å². The summed E-state index contributed by atoms with van der Waals surface area (Å²) in [5, 5.41) is 0.490. The van der Waals surface area contributed by atoms with Crippen LogP contribution in [-0.4, -0.2) is 41.7 Å². The SMILES string of the molecule is O=C(COC(=O)c1ccc[nH]1)O[C@@H](Cc1c(Cl)cncc1Cl)c1ccc(OC(F)F)c(OCC2CC2)c1. The number of rotatable bonds is 12. The second kappa shape index (κ2) is 12.2. The molecule has 196 valence electrons. The number of aromatic nitrogens is 2. The number of carbonyl (C=O) groups excluding carboxylic acids is 2. The third-order valence-corrected chi connectivity index (χ3v) is 6.13. The van der Waals surface area contributed by atoms with Crippen molar-refractivity contribution in [2.24, 2.45) is 5.92 Å². The van der Waals surface area contributed by atoms with Crippen LogP contribution in [0, 0.1) is 5.92 Å². The molecular formula is C25H22Cl2F2N2O6. The van der Waals surface area contributed by atoms with E-state index in [1.807, 2.05) is 0 Å².